The number of thioether (sulfide) groups is 1. The van der Waals surface area contributed by atoms with Gasteiger partial charge in [-0.25, -0.2) is 4.98 Å². The van der Waals surface area contributed by atoms with Gasteiger partial charge in [-0.05, 0) is 24.5 Å². The molecule has 1 atom stereocenters. The Bertz CT molecular complexity index is 949. The van der Waals surface area contributed by atoms with Crippen LogP contribution in [0.3, 0.4) is 0 Å². The lowest BCUT2D eigenvalue weighted by Crippen LogP contribution is -2.49. The van der Waals surface area contributed by atoms with Crippen LogP contribution < -0.4 is 25.7 Å². The number of aromatic nitrogens is 2. The van der Waals surface area contributed by atoms with Crippen molar-refractivity contribution in [1.82, 2.24) is 20.2 Å². The number of carbonyl (C=O) groups excluding carboxylic acids is 2. The first kappa shape index (κ1) is 23.5. The van der Waals surface area contributed by atoms with Crippen LogP contribution in [-0.4, -0.2) is 71.9 Å². The summed E-state index contributed by atoms with van der Waals surface area (Å²) in [5.74, 6) is 0.606. The summed E-state index contributed by atoms with van der Waals surface area (Å²) >= 11 is 1.54. The van der Waals surface area contributed by atoms with Gasteiger partial charge in [0.1, 0.15) is 12.6 Å². The molecule has 2 aromatic rings. The second kappa shape index (κ2) is 11.4. The SMILES string of the molecule is COc1cc2ncn(CC(=O)N[C@@H](CCSC)C(=O)NCCO)c(=O)c2cc1OC. The van der Waals surface area contributed by atoms with Gasteiger partial charge < -0.3 is 25.2 Å². The van der Waals surface area contributed by atoms with Gasteiger partial charge in [0.15, 0.2) is 11.5 Å². The monoisotopic (exact) mass is 438 g/mol. The molecule has 164 valence electrons. The zero-order valence-corrected chi connectivity index (χ0v) is 18.0. The van der Waals surface area contributed by atoms with E-state index in [0.29, 0.717) is 29.2 Å². The lowest BCUT2D eigenvalue weighted by atomic mass is 10.2. The predicted octanol–water partition coefficient (Wildman–Crippen LogP) is -0.240. The average Bonchev–Trinajstić information content (AvgIpc) is 2.75. The Hall–Kier alpha value is -2.79. The van der Waals surface area contributed by atoms with Crippen molar-refractivity contribution in [2.45, 2.75) is 19.0 Å². The first-order valence-electron chi connectivity index (χ1n) is 9.23. The smallest absolute Gasteiger partial charge is 0.261 e. The fourth-order valence-electron chi connectivity index (χ4n) is 2.80. The number of carbonyl (C=O) groups is 2. The topological polar surface area (TPSA) is 132 Å². The maximum absolute atomic E-state index is 12.8. The minimum atomic E-state index is -0.759. The number of aliphatic hydroxyl groups excluding tert-OH is 1. The number of nitrogens with one attached hydrogen (secondary N) is 2. The van der Waals surface area contributed by atoms with Crippen LogP contribution in [-0.2, 0) is 16.1 Å². The molecular weight excluding hydrogens is 412 g/mol. The Kier molecular flexibility index (Phi) is 8.93. The molecule has 2 rings (SSSR count). The number of nitrogens with zero attached hydrogens (tertiary/aromatic N) is 2. The van der Waals surface area contributed by atoms with E-state index in [1.54, 1.807) is 17.8 Å². The lowest BCUT2D eigenvalue weighted by molar-refractivity contribution is -0.129. The van der Waals surface area contributed by atoms with Crippen LogP contribution in [0.4, 0.5) is 0 Å². The van der Waals surface area contributed by atoms with Gasteiger partial charge >= 0.3 is 0 Å². The van der Waals surface area contributed by atoms with Crippen LogP contribution in [0.2, 0.25) is 0 Å². The Balaban J connectivity index is 2.20. The van der Waals surface area contributed by atoms with Crippen molar-refractivity contribution in [2.24, 2.45) is 0 Å². The lowest BCUT2D eigenvalue weighted by Gasteiger charge is -2.18. The molecule has 0 aliphatic heterocycles. The Morgan fingerprint density at radius 2 is 1.97 bits per heavy atom. The van der Waals surface area contributed by atoms with Gasteiger partial charge in [-0.15, -0.1) is 0 Å². The van der Waals surface area contributed by atoms with E-state index in [2.05, 4.69) is 15.6 Å². The van der Waals surface area contributed by atoms with Crippen LogP contribution in [0.1, 0.15) is 6.42 Å². The highest BCUT2D eigenvalue weighted by Crippen LogP contribution is 2.29. The molecule has 1 aromatic heterocycles. The van der Waals surface area contributed by atoms with E-state index in [1.165, 1.54) is 31.2 Å². The highest BCUT2D eigenvalue weighted by molar-refractivity contribution is 7.98. The fraction of sp³-hybridized carbons (Fsp3) is 0.474. The van der Waals surface area contributed by atoms with Crippen molar-refractivity contribution in [3.05, 3.63) is 28.8 Å². The highest BCUT2D eigenvalue weighted by Gasteiger charge is 2.21. The molecule has 0 unspecified atom stereocenters. The molecule has 10 nitrogen and oxygen atoms in total. The number of fused-ring (bicyclic) bond motifs is 1. The molecule has 0 aliphatic carbocycles. The second-order valence-electron chi connectivity index (χ2n) is 6.32. The molecule has 1 aromatic carbocycles. The number of amides is 2. The highest BCUT2D eigenvalue weighted by atomic mass is 32.2. The summed E-state index contributed by atoms with van der Waals surface area (Å²) in [7, 11) is 2.95. The molecule has 1 heterocycles. The molecule has 0 radical (unpaired) electrons. The number of benzene rings is 1. The van der Waals surface area contributed by atoms with E-state index in [-0.39, 0.29) is 31.0 Å². The summed E-state index contributed by atoms with van der Waals surface area (Å²) < 4.78 is 11.6. The Morgan fingerprint density at radius 1 is 1.27 bits per heavy atom. The molecule has 0 spiro atoms. The van der Waals surface area contributed by atoms with Crippen molar-refractivity contribution >= 4 is 34.5 Å². The van der Waals surface area contributed by atoms with E-state index in [1.807, 2.05) is 6.26 Å². The molecule has 0 aliphatic rings. The zero-order chi connectivity index (χ0) is 22.1. The van der Waals surface area contributed by atoms with Gasteiger partial charge in [-0.3, -0.25) is 19.0 Å². The third-order valence-electron chi connectivity index (χ3n) is 4.32. The molecule has 3 N–H and O–H groups in total. The minimum absolute atomic E-state index is 0.101. The number of aliphatic hydroxyl groups is 1. The zero-order valence-electron chi connectivity index (χ0n) is 17.1. The second-order valence-corrected chi connectivity index (χ2v) is 7.30. The van der Waals surface area contributed by atoms with Crippen molar-refractivity contribution < 1.29 is 24.2 Å². The number of hydrogen-bond acceptors (Lipinski definition) is 8. The fourth-order valence-corrected chi connectivity index (χ4v) is 3.27. The van der Waals surface area contributed by atoms with E-state index in [4.69, 9.17) is 14.6 Å². The Labute approximate surface area is 178 Å². The minimum Gasteiger partial charge on any atom is -0.493 e. The van der Waals surface area contributed by atoms with Crippen LogP contribution in [0, 0.1) is 0 Å². The van der Waals surface area contributed by atoms with Gasteiger partial charge in [-0.1, -0.05) is 0 Å². The van der Waals surface area contributed by atoms with E-state index < -0.39 is 17.5 Å². The van der Waals surface area contributed by atoms with E-state index in [0.717, 1.165) is 0 Å². The predicted molar refractivity (Wildman–Crippen MR) is 114 cm³/mol. The molecule has 30 heavy (non-hydrogen) atoms. The van der Waals surface area contributed by atoms with Gasteiger partial charge in [0.2, 0.25) is 11.8 Å². The van der Waals surface area contributed by atoms with Gasteiger partial charge in [0, 0.05) is 12.6 Å². The Morgan fingerprint density at radius 3 is 2.60 bits per heavy atom. The van der Waals surface area contributed by atoms with Gasteiger partial charge in [-0.2, -0.15) is 11.8 Å². The van der Waals surface area contributed by atoms with Crippen LogP contribution >= 0.6 is 11.8 Å². The van der Waals surface area contributed by atoms with Gasteiger partial charge in [0.25, 0.3) is 5.56 Å². The molecule has 0 saturated carbocycles. The maximum atomic E-state index is 12.8. The largest absolute Gasteiger partial charge is 0.493 e. The van der Waals surface area contributed by atoms with Crippen LogP contribution in [0.5, 0.6) is 11.5 Å². The average molecular weight is 439 g/mol. The van der Waals surface area contributed by atoms with Crippen molar-refractivity contribution in [3.63, 3.8) is 0 Å². The summed E-state index contributed by atoms with van der Waals surface area (Å²) in [6.07, 6.45) is 3.60. The molecule has 0 fully saturated rings. The number of ether oxygens (including phenoxy) is 2. The standard InChI is InChI=1S/C19H26N4O6S/c1-28-15-8-12-14(9-16(15)29-2)21-11-23(19(12)27)10-17(25)22-13(4-7-30-3)18(26)20-5-6-24/h8-9,11,13,24H,4-7,10H2,1-3H3,(H,20,26)(H,22,25)/t13-/m0/s1. The molecule has 0 bridgehead atoms. The van der Waals surface area contributed by atoms with Crippen LogP contribution in [0.15, 0.2) is 23.3 Å². The summed E-state index contributed by atoms with van der Waals surface area (Å²) in [6, 6.07) is 2.34. The first-order valence-corrected chi connectivity index (χ1v) is 10.6. The van der Waals surface area contributed by atoms with Crippen LogP contribution in [0.25, 0.3) is 10.9 Å². The van der Waals surface area contributed by atoms with Crippen molar-refractivity contribution in [2.75, 3.05) is 39.4 Å². The first-order chi connectivity index (χ1) is 14.4. The molecule has 2 amide bonds. The number of hydrogen-bond donors (Lipinski definition) is 3. The van der Waals surface area contributed by atoms with Crippen molar-refractivity contribution in [3.8, 4) is 11.5 Å². The summed E-state index contributed by atoms with van der Waals surface area (Å²) in [5.41, 5.74) is -0.00275. The molecule has 0 saturated heterocycles. The number of methoxy groups -OCH3 is 2. The summed E-state index contributed by atoms with van der Waals surface area (Å²) in [5, 5.41) is 14.3. The number of rotatable bonds is 11. The quantitative estimate of drug-likeness (QED) is 0.438. The molecule has 11 heteroatoms. The summed E-state index contributed by atoms with van der Waals surface area (Å²) in [6.45, 7) is -0.385. The molecular formula is C19H26N4O6S. The third kappa shape index (κ3) is 5.86. The van der Waals surface area contributed by atoms with Crippen molar-refractivity contribution in [1.29, 1.82) is 0 Å². The maximum Gasteiger partial charge on any atom is 0.261 e. The third-order valence-corrected chi connectivity index (χ3v) is 4.96. The normalized spacial score (nSPS) is 11.7. The summed E-state index contributed by atoms with van der Waals surface area (Å²) in [4.78, 5) is 41.7. The van der Waals surface area contributed by atoms with Gasteiger partial charge in [0.05, 0.1) is 38.1 Å². The van der Waals surface area contributed by atoms with E-state index >= 15 is 0 Å². The van der Waals surface area contributed by atoms with E-state index in [9.17, 15) is 14.4 Å².